The second kappa shape index (κ2) is 6.85. The summed E-state index contributed by atoms with van der Waals surface area (Å²) in [6.07, 6.45) is 5.41. The summed E-state index contributed by atoms with van der Waals surface area (Å²) in [5.41, 5.74) is 6.42. The molecule has 0 radical (unpaired) electrons. The predicted octanol–water partition coefficient (Wildman–Crippen LogP) is 4.80. The molecule has 0 spiro atoms. The van der Waals surface area contributed by atoms with Gasteiger partial charge >= 0.3 is 0 Å². The number of hydrogen-bond donors (Lipinski definition) is 1. The minimum Gasteiger partial charge on any atom is -0.363 e. The molecule has 0 bridgehead atoms. The molecule has 3 heterocycles. The van der Waals surface area contributed by atoms with Crippen LogP contribution in [-0.2, 0) is 6.54 Å². The smallest absolute Gasteiger partial charge is 0.137 e. The quantitative estimate of drug-likeness (QED) is 0.564. The van der Waals surface area contributed by atoms with Crippen molar-refractivity contribution in [1.82, 2.24) is 15.0 Å². The van der Waals surface area contributed by atoms with E-state index in [4.69, 9.17) is 0 Å². The maximum absolute atomic E-state index is 4.55. The molecule has 136 valence electrons. The van der Waals surface area contributed by atoms with Crippen LogP contribution in [0.5, 0.6) is 0 Å². The standard InChI is InChI=1S/C23H19N5/c1-15(16-5-3-2-4-6-16)28-23-20-10-17(7-8-21(20)26-14-27-23)18-9-19-11-24-13-22(19)25-12-18/h2-12,14-15H,13H2,1H3,(H,26,27,28). The van der Waals surface area contributed by atoms with Crippen molar-refractivity contribution in [3.05, 3.63) is 83.9 Å². The Morgan fingerprint density at radius 3 is 2.71 bits per heavy atom. The summed E-state index contributed by atoms with van der Waals surface area (Å²) in [5, 5.41) is 4.53. The van der Waals surface area contributed by atoms with Crippen LogP contribution in [0.1, 0.15) is 29.8 Å². The topological polar surface area (TPSA) is 63.1 Å². The molecule has 4 aromatic rings. The fourth-order valence-corrected chi connectivity index (χ4v) is 3.52. The van der Waals surface area contributed by atoms with Gasteiger partial charge in [-0.05, 0) is 36.2 Å². The van der Waals surface area contributed by atoms with Crippen LogP contribution in [0.2, 0.25) is 0 Å². The van der Waals surface area contributed by atoms with Gasteiger partial charge in [-0.3, -0.25) is 9.98 Å². The van der Waals surface area contributed by atoms with Crippen LogP contribution in [0, 0.1) is 0 Å². The van der Waals surface area contributed by atoms with Crippen molar-refractivity contribution in [3.63, 3.8) is 0 Å². The van der Waals surface area contributed by atoms with Crippen LogP contribution in [0.4, 0.5) is 5.82 Å². The first-order valence-corrected chi connectivity index (χ1v) is 9.33. The zero-order chi connectivity index (χ0) is 18.9. The zero-order valence-corrected chi connectivity index (χ0v) is 15.5. The molecule has 1 N–H and O–H groups in total. The molecule has 5 rings (SSSR count). The molecule has 2 aromatic heterocycles. The van der Waals surface area contributed by atoms with E-state index in [0.717, 1.165) is 39.1 Å². The Balaban J connectivity index is 1.54. The molecule has 0 fully saturated rings. The van der Waals surface area contributed by atoms with Gasteiger partial charge in [-0.25, -0.2) is 9.97 Å². The average Bonchev–Trinajstić information content (AvgIpc) is 3.22. The third-order valence-corrected chi connectivity index (χ3v) is 5.10. The Morgan fingerprint density at radius 1 is 0.929 bits per heavy atom. The summed E-state index contributed by atoms with van der Waals surface area (Å²) < 4.78 is 0. The highest BCUT2D eigenvalue weighted by Crippen LogP contribution is 2.29. The molecule has 5 nitrogen and oxygen atoms in total. The Morgan fingerprint density at radius 2 is 1.82 bits per heavy atom. The van der Waals surface area contributed by atoms with E-state index in [1.807, 2.05) is 36.7 Å². The lowest BCUT2D eigenvalue weighted by atomic mass is 10.0. The number of aromatic nitrogens is 3. The van der Waals surface area contributed by atoms with Crippen molar-refractivity contribution in [2.45, 2.75) is 19.5 Å². The van der Waals surface area contributed by atoms with E-state index < -0.39 is 0 Å². The number of nitrogens with one attached hydrogen (secondary N) is 1. The van der Waals surface area contributed by atoms with Crippen molar-refractivity contribution in [1.29, 1.82) is 0 Å². The molecular weight excluding hydrogens is 346 g/mol. The molecule has 1 unspecified atom stereocenters. The van der Waals surface area contributed by atoms with Crippen molar-refractivity contribution >= 4 is 22.9 Å². The highest BCUT2D eigenvalue weighted by atomic mass is 15.0. The summed E-state index contributed by atoms with van der Waals surface area (Å²) in [6, 6.07) is 18.9. The number of benzene rings is 2. The maximum atomic E-state index is 4.55. The lowest BCUT2D eigenvalue weighted by molar-refractivity contribution is 0.876. The molecule has 5 heteroatoms. The van der Waals surface area contributed by atoms with Crippen LogP contribution in [0.25, 0.3) is 22.0 Å². The molecule has 1 atom stereocenters. The fourth-order valence-electron chi connectivity index (χ4n) is 3.52. The molecule has 0 saturated heterocycles. The van der Waals surface area contributed by atoms with Gasteiger partial charge in [-0.2, -0.15) is 0 Å². The van der Waals surface area contributed by atoms with Crippen LogP contribution in [0.3, 0.4) is 0 Å². The van der Waals surface area contributed by atoms with Gasteiger partial charge in [0.05, 0.1) is 17.8 Å². The van der Waals surface area contributed by atoms with Crippen LogP contribution >= 0.6 is 0 Å². The zero-order valence-electron chi connectivity index (χ0n) is 15.5. The van der Waals surface area contributed by atoms with Crippen LogP contribution in [0.15, 0.2) is 72.1 Å². The summed E-state index contributed by atoms with van der Waals surface area (Å²) >= 11 is 0. The molecule has 1 aliphatic heterocycles. The van der Waals surface area contributed by atoms with E-state index in [1.54, 1.807) is 6.33 Å². The van der Waals surface area contributed by atoms with Crippen molar-refractivity contribution in [2.75, 3.05) is 5.32 Å². The molecule has 0 saturated carbocycles. The van der Waals surface area contributed by atoms with Gasteiger partial charge in [0, 0.05) is 35.0 Å². The fraction of sp³-hybridized carbons (Fsp3) is 0.130. The van der Waals surface area contributed by atoms with E-state index in [1.165, 1.54) is 5.56 Å². The number of anilines is 1. The first kappa shape index (κ1) is 16.6. The lowest BCUT2D eigenvalue weighted by Gasteiger charge is -2.16. The molecule has 1 aliphatic rings. The summed E-state index contributed by atoms with van der Waals surface area (Å²) in [7, 11) is 0. The number of fused-ring (bicyclic) bond motifs is 2. The van der Waals surface area contributed by atoms with E-state index in [-0.39, 0.29) is 6.04 Å². The summed E-state index contributed by atoms with van der Waals surface area (Å²) in [6.45, 7) is 2.81. The van der Waals surface area contributed by atoms with Crippen LogP contribution in [-0.4, -0.2) is 21.2 Å². The number of nitrogens with zero attached hydrogens (tertiary/aromatic N) is 4. The van der Waals surface area contributed by atoms with Crippen molar-refractivity contribution < 1.29 is 0 Å². The van der Waals surface area contributed by atoms with E-state index in [2.05, 4.69) is 62.5 Å². The number of hydrogen-bond acceptors (Lipinski definition) is 5. The minimum absolute atomic E-state index is 0.140. The number of pyridine rings is 1. The predicted molar refractivity (Wildman–Crippen MR) is 113 cm³/mol. The van der Waals surface area contributed by atoms with Gasteiger partial charge in [-0.1, -0.05) is 36.4 Å². The van der Waals surface area contributed by atoms with Gasteiger partial charge in [0.1, 0.15) is 12.1 Å². The van der Waals surface area contributed by atoms with E-state index in [0.29, 0.717) is 6.54 Å². The Kier molecular flexibility index (Phi) is 4.05. The molecule has 0 aliphatic carbocycles. The number of rotatable bonds is 4. The molecule has 28 heavy (non-hydrogen) atoms. The Bertz CT molecular complexity index is 1180. The molecule has 2 aromatic carbocycles. The highest BCUT2D eigenvalue weighted by molar-refractivity contribution is 5.93. The van der Waals surface area contributed by atoms with E-state index >= 15 is 0 Å². The third kappa shape index (κ3) is 3.01. The van der Waals surface area contributed by atoms with E-state index in [9.17, 15) is 0 Å². The van der Waals surface area contributed by atoms with Gasteiger partial charge < -0.3 is 5.32 Å². The highest BCUT2D eigenvalue weighted by Gasteiger charge is 2.12. The maximum Gasteiger partial charge on any atom is 0.137 e. The van der Waals surface area contributed by atoms with Gasteiger partial charge in [0.2, 0.25) is 0 Å². The van der Waals surface area contributed by atoms with Gasteiger partial charge in [-0.15, -0.1) is 0 Å². The molecule has 0 amide bonds. The monoisotopic (exact) mass is 365 g/mol. The SMILES string of the molecule is CC(Nc1ncnc2ccc(-c3cnc4c(c3)C=NC4)cc12)c1ccccc1. The van der Waals surface area contributed by atoms with Gasteiger partial charge in [0.15, 0.2) is 0 Å². The second-order valence-corrected chi connectivity index (χ2v) is 6.96. The largest absolute Gasteiger partial charge is 0.363 e. The van der Waals surface area contributed by atoms with Gasteiger partial charge in [0.25, 0.3) is 0 Å². The molecular formula is C23H19N5. The normalized spacial score (nSPS) is 13.5. The van der Waals surface area contributed by atoms with Crippen molar-refractivity contribution in [3.8, 4) is 11.1 Å². The third-order valence-electron chi connectivity index (χ3n) is 5.10. The lowest BCUT2D eigenvalue weighted by Crippen LogP contribution is -2.08. The summed E-state index contributed by atoms with van der Waals surface area (Å²) in [4.78, 5) is 17.8. The number of aliphatic imine (C=N–C) groups is 1. The average molecular weight is 365 g/mol. The summed E-state index contributed by atoms with van der Waals surface area (Å²) in [5.74, 6) is 0.832. The van der Waals surface area contributed by atoms with Crippen LogP contribution < -0.4 is 5.32 Å². The minimum atomic E-state index is 0.140. The first-order valence-electron chi connectivity index (χ1n) is 9.33. The Labute approximate surface area is 163 Å². The second-order valence-electron chi connectivity index (χ2n) is 6.96. The van der Waals surface area contributed by atoms with Crippen molar-refractivity contribution in [2.24, 2.45) is 4.99 Å². The first-order chi connectivity index (χ1) is 13.8. The Hall–Kier alpha value is -3.60.